The number of aromatic nitrogens is 1. The summed E-state index contributed by atoms with van der Waals surface area (Å²) in [5.74, 6) is 1.65. The van der Waals surface area contributed by atoms with Crippen LogP contribution < -0.4 is 9.47 Å². The van der Waals surface area contributed by atoms with Gasteiger partial charge in [0.1, 0.15) is 16.5 Å². The predicted octanol–water partition coefficient (Wildman–Crippen LogP) is 4.97. The van der Waals surface area contributed by atoms with E-state index in [0.717, 1.165) is 5.75 Å². The lowest BCUT2D eigenvalue weighted by Crippen LogP contribution is -2.05. The monoisotopic (exact) mass is 297 g/mol. The molecule has 100 valence electrons. The number of benzene rings is 1. The van der Waals surface area contributed by atoms with Gasteiger partial charge in [0.2, 0.25) is 5.88 Å². The molecule has 0 saturated heterocycles. The third-order valence-corrected chi connectivity index (χ3v) is 2.64. The van der Waals surface area contributed by atoms with Crippen LogP contribution in [0.1, 0.15) is 13.8 Å². The summed E-state index contributed by atoms with van der Waals surface area (Å²) in [7, 11) is 0. The van der Waals surface area contributed by atoms with Gasteiger partial charge in [-0.1, -0.05) is 29.3 Å². The lowest BCUT2D eigenvalue weighted by molar-refractivity contribution is 0.241. The Labute approximate surface area is 122 Å². The third-order valence-electron chi connectivity index (χ3n) is 2.17. The van der Waals surface area contributed by atoms with Crippen molar-refractivity contribution in [2.75, 3.05) is 0 Å². The molecule has 0 aliphatic carbocycles. The minimum Gasteiger partial charge on any atom is -0.491 e. The maximum absolute atomic E-state index is 6.00. The molecule has 2 rings (SSSR count). The van der Waals surface area contributed by atoms with Gasteiger partial charge >= 0.3 is 0 Å². The number of ether oxygens (including phenoxy) is 2. The smallest absolute Gasteiger partial charge is 0.238 e. The van der Waals surface area contributed by atoms with E-state index in [2.05, 4.69) is 4.98 Å². The van der Waals surface area contributed by atoms with Gasteiger partial charge in [0.05, 0.1) is 11.1 Å². The van der Waals surface area contributed by atoms with Gasteiger partial charge in [-0.2, -0.15) is 0 Å². The van der Waals surface area contributed by atoms with Gasteiger partial charge in [-0.15, -0.1) is 0 Å². The highest BCUT2D eigenvalue weighted by molar-refractivity contribution is 6.35. The molecule has 0 unspecified atom stereocenters. The lowest BCUT2D eigenvalue weighted by atomic mass is 10.3. The normalized spacial score (nSPS) is 10.6. The Hall–Kier alpha value is -1.45. The quantitative estimate of drug-likeness (QED) is 0.798. The molecule has 0 N–H and O–H groups in total. The second kappa shape index (κ2) is 6.13. The summed E-state index contributed by atoms with van der Waals surface area (Å²) in [5, 5.41) is 0.830. The van der Waals surface area contributed by atoms with Crippen LogP contribution in [0.15, 0.2) is 36.5 Å². The molecule has 2 aromatic rings. The number of nitrogens with zero attached hydrogens (tertiary/aromatic N) is 1. The van der Waals surface area contributed by atoms with Crippen molar-refractivity contribution in [2.24, 2.45) is 0 Å². The van der Waals surface area contributed by atoms with Crippen LogP contribution in [0.2, 0.25) is 10.0 Å². The minimum absolute atomic E-state index is 0.104. The molecule has 0 aliphatic heterocycles. The Kier molecular flexibility index (Phi) is 4.51. The second-order valence-corrected chi connectivity index (χ2v) is 5.03. The summed E-state index contributed by atoms with van der Waals surface area (Å²) in [6, 6.07) is 8.88. The third kappa shape index (κ3) is 4.01. The molecule has 0 radical (unpaired) electrons. The summed E-state index contributed by atoms with van der Waals surface area (Å²) >= 11 is 11.8. The van der Waals surface area contributed by atoms with Gasteiger partial charge in [-0.05, 0) is 32.0 Å². The molecule has 3 nitrogen and oxygen atoms in total. The number of hydrogen-bond donors (Lipinski definition) is 0. The molecule has 0 atom stereocenters. The molecule has 0 saturated carbocycles. The first-order chi connectivity index (χ1) is 9.04. The number of halogens is 2. The molecule has 1 heterocycles. The average Bonchev–Trinajstić information content (AvgIpc) is 2.32. The van der Waals surface area contributed by atoms with Crippen LogP contribution in [0.5, 0.6) is 17.4 Å². The molecule has 0 fully saturated rings. The van der Waals surface area contributed by atoms with Crippen LogP contribution in [-0.2, 0) is 0 Å². The first-order valence-corrected chi connectivity index (χ1v) is 6.56. The highest BCUT2D eigenvalue weighted by Gasteiger charge is 2.07. The van der Waals surface area contributed by atoms with Crippen LogP contribution >= 0.6 is 23.2 Å². The SMILES string of the molecule is CC(C)Oc1cccc(Oc2ncc(Cl)cc2Cl)c1. The molecule has 0 aliphatic rings. The van der Waals surface area contributed by atoms with E-state index in [9.17, 15) is 0 Å². The van der Waals surface area contributed by atoms with E-state index >= 15 is 0 Å². The van der Waals surface area contributed by atoms with E-state index in [1.165, 1.54) is 6.20 Å². The van der Waals surface area contributed by atoms with E-state index < -0.39 is 0 Å². The second-order valence-electron chi connectivity index (χ2n) is 4.18. The highest BCUT2D eigenvalue weighted by Crippen LogP contribution is 2.30. The van der Waals surface area contributed by atoms with Crippen molar-refractivity contribution in [1.82, 2.24) is 4.98 Å². The molecule has 0 amide bonds. The van der Waals surface area contributed by atoms with Crippen molar-refractivity contribution < 1.29 is 9.47 Å². The van der Waals surface area contributed by atoms with Crippen LogP contribution in [0.4, 0.5) is 0 Å². The van der Waals surface area contributed by atoms with Crippen molar-refractivity contribution >= 4 is 23.2 Å². The Morgan fingerprint density at radius 1 is 1.11 bits per heavy atom. The minimum atomic E-state index is 0.104. The fraction of sp³-hybridized carbons (Fsp3) is 0.214. The van der Waals surface area contributed by atoms with Crippen molar-refractivity contribution in [3.63, 3.8) is 0 Å². The van der Waals surface area contributed by atoms with Crippen molar-refractivity contribution in [3.8, 4) is 17.4 Å². The zero-order valence-electron chi connectivity index (χ0n) is 10.6. The van der Waals surface area contributed by atoms with Crippen LogP contribution in [0.25, 0.3) is 0 Å². The molecule has 1 aromatic heterocycles. The van der Waals surface area contributed by atoms with E-state index in [1.54, 1.807) is 18.2 Å². The average molecular weight is 298 g/mol. The van der Waals surface area contributed by atoms with Crippen LogP contribution in [0.3, 0.4) is 0 Å². The first-order valence-electron chi connectivity index (χ1n) is 5.80. The zero-order chi connectivity index (χ0) is 13.8. The zero-order valence-corrected chi connectivity index (χ0v) is 12.1. The highest BCUT2D eigenvalue weighted by atomic mass is 35.5. The van der Waals surface area contributed by atoms with Crippen LogP contribution in [0, 0.1) is 0 Å². The molecule has 0 bridgehead atoms. The summed E-state index contributed by atoms with van der Waals surface area (Å²) < 4.78 is 11.2. The topological polar surface area (TPSA) is 31.4 Å². The predicted molar refractivity (Wildman–Crippen MR) is 76.5 cm³/mol. The van der Waals surface area contributed by atoms with Crippen molar-refractivity contribution in [2.45, 2.75) is 20.0 Å². The Bertz CT molecular complexity index is 573. The molecular formula is C14H13Cl2NO2. The van der Waals surface area contributed by atoms with E-state index in [1.807, 2.05) is 26.0 Å². The van der Waals surface area contributed by atoms with E-state index in [4.69, 9.17) is 32.7 Å². The molecule has 19 heavy (non-hydrogen) atoms. The molecule has 5 heteroatoms. The summed E-state index contributed by atoms with van der Waals surface area (Å²) in [5.41, 5.74) is 0. The summed E-state index contributed by atoms with van der Waals surface area (Å²) in [6.07, 6.45) is 1.59. The van der Waals surface area contributed by atoms with Gasteiger partial charge in [0.25, 0.3) is 0 Å². The Morgan fingerprint density at radius 2 is 1.84 bits per heavy atom. The summed E-state index contributed by atoms with van der Waals surface area (Å²) in [6.45, 7) is 3.93. The molecule has 1 aromatic carbocycles. The van der Waals surface area contributed by atoms with E-state index in [0.29, 0.717) is 21.7 Å². The molecule has 0 spiro atoms. The van der Waals surface area contributed by atoms with Gasteiger partial charge in [0.15, 0.2) is 0 Å². The maximum atomic E-state index is 6.00. The van der Waals surface area contributed by atoms with Crippen molar-refractivity contribution in [1.29, 1.82) is 0 Å². The summed E-state index contributed by atoms with van der Waals surface area (Å²) in [4.78, 5) is 4.04. The van der Waals surface area contributed by atoms with Crippen LogP contribution in [-0.4, -0.2) is 11.1 Å². The van der Waals surface area contributed by atoms with Gasteiger partial charge in [0, 0.05) is 12.3 Å². The first kappa shape index (κ1) is 14.0. The van der Waals surface area contributed by atoms with Gasteiger partial charge in [-0.25, -0.2) is 4.98 Å². The largest absolute Gasteiger partial charge is 0.491 e. The number of pyridine rings is 1. The Balaban J connectivity index is 2.18. The van der Waals surface area contributed by atoms with E-state index in [-0.39, 0.29) is 6.10 Å². The lowest BCUT2D eigenvalue weighted by Gasteiger charge is -2.11. The fourth-order valence-corrected chi connectivity index (χ4v) is 1.89. The fourth-order valence-electron chi connectivity index (χ4n) is 1.47. The van der Waals surface area contributed by atoms with Crippen molar-refractivity contribution in [3.05, 3.63) is 46.6 Å². The number of rotatable bonds is 4. The van der Waals surface area contributed by atoms with Gasteiger partial charge < -0.3 is 9.47 Å². The Morgan fingerprint density at radius 3 is 2.53 bits per heavy atom. The maximum Gasteiger partial charge on any atom is 0.238 e. The molecular weight excluding hydrogens is 285 g/mol. The van der Waals surface area contributed by atoms with Gasteiger partial charge in [-0.3, -0.25) is 0 Å². The standard InChI is InChI=1S/C14H13Cl2NO2/c1-9(2)18-11-4-3-5-12(7-11)19-14-13(16)6-10(15)8-17-14/h3-9H,1-2H3. The number of hydrogen-bond acceptors (Lipinski definition) is 3.